The predicted molar refractivity (Wildman–Crippen MR) is 198 cm³/mol. The van der Waals surface area contributed by atoms with E-state index in [1.165, 1.54) is 48.7 Å². The van der Waals surface area contributed by atoms with Gasteiger partial charge in [0.15, 0.2) is 11.5 Å². The van der Waals surface area contributed by atoms with E-state index in [2.05, 4.69) is 4.90 Å². The monoisotopic (exact) mass is 799 g/mol. The molecule has 0 spiro atoms. The van der Waals surface area contributed by atoms with Gasteiger partial charge in [-0.05, 0) is 93.1 Å². The molecule has 3 aliphatic heterocycles. The number of hydrogen-bond acceptors (Lipinski definition) is 9. The van der Waals surface area contributed by atoms with Crippen LogP contribution in [-0.2, 0) is 17.7 Å². The minimum absolute atomic E-state index is 0.000226. The summed E-state index contributed by atoms with van der Waals surface area (Å²) in [6.45, 7) is 2.84. The number of fused-ring (bicyclic) bond motifs is 3. The average Bonchev–Trinajstić information content (AvgIpc) is 3.14. The summed E-state index contributed by atoms with van der Waals surface area (Å²) in [5, 5.41) is 23.0. The molecule has 7 rings (SSSR count). The number of nitrogens with zero attached hydrogens (tertiary/aromatic N) is 3. The molecule has 292 valence electrons. The van der Waals surface area contributed by atoms with Crippen molar-refractivity contribution >= 4 is 41.0 Å². The van der Waals surface area contributed by atoms with Crippen LogP contribution in [0.15, 0.2) is 73.1 Å². The number of pyridine rings is 1. The van der Waals surface area contributed by atoms with E-state index >= 15 is 0 Å². The van der Waals surface area contributed by atoms with Crippen LogP contribution in [0.1, 0.15) is 65.2 Å². The Bertz CT molecular complexity index is 2010. The summed E-state index contributed by atoms with van der Waals surface area (Å²) in [6.07, 6.45) is 3.01. The fourth-order valence-corrected chi connectivity index (χ4v) is 7.94. The highest BCUT2D eigenvalue weighted by atomic mass is 35.5. The molecule has 4 heterocycles. The van der Waals surface area contributed by atoms with Crippen LogP contribution in [0.25, 0.3) is 0 Å². The first-order chi connectivity index (χ1) is 26.3. The molecule has 15 heteroatoms. The minimum atomic E-state index is -3.13. The lowest BCUT2D eigenvalue weighted by Gasteiger charge is -2.44. The van der Waals surface area contributed by atoms with Crippen LogP contribution < -0.4 is 28.9 Å². The Morgan fingerprint density at radius 3 is 2.31 bits per heavy atom. The number of amides is 1. The molecule has 1 amide bonds. The number of halogens is 4. The molecular formula is C40H41Cl2F2N3O8. The molecule has 3 fully saturated rings. The van der Waals surface area contributed by atoms with Gasteiger partial charge in [-0.1, -0.05) is 59.6 Å². The van der Waals surface area contributed by atoms with Crippen molar-refractivity contribution in [2.75, 3.05) is 31.6 Å². The molecule has 1 N–H and O–H groups in total. The zero-order chi connectivity index (χ0) is 39.4. The first-order valence-corrected chi connectivity index (χ1v) is 18.6. The lowest BCUT2D eigenvalue weighted by molar-refractivity contribution is -0.904. The number of hydrogen-bond donors (Lipinski definition) is 1. The third-order valence-electron chi connectivity index (χ3n) is 9.92. The maximum Gasteiger partial charge on any atom is 0.415 e. The smallest absolute Gasteiger partial charge is 0.415 e. The molecular weight excluding hydrogens is 759 g/mol. The van der Waals surface area contributed by atoms with E-state index in [1.807, 2.05) is 0 Å². The zero-order valence-electron chi connectivity index (χ0n) is 30.4. The summed E-state index contributed by atoms with van der Waals surface area (Å²) >= 11 is 13.2. The van der Waals surface area contributed by atoms with E-state index in [4.69, 9.17) is 42.1 Å². The number of aromatic carboxylic acids is 1. The SMILES string of the molecule is COc1ccccc1N(Cc1ccc(C(=O)[O-])c([C@@H](Cc2c(Cl)c[n+](O)cc2Cl)c2ccc(OC(F)F)c(OC(C)C)c2)c1)C(=O)O[C@H]1CN2CCC1CC2. The maximum atomic E-state index is 14.1. The second-order valence-electron chi connectivity index (χ2n) is 13.8. The van der Waals surface area contributed by atoms with Gasteiger partial charge in [-0.15, -0.1) is 0 Å². The van der Waals surface area contributed by atoms with E-state index < -0.39 is 30.7 Å². The molecule has 1 aromatic heterocycles. The maximum absolute atomic E-state index is 14.1. The number of carbonyl (C=O) groups excluding carboxylic acids is 2. The molecule has 3 aromatic carbocycles. The summed E-state index contributed by atoms with van der Waals surface area (Å²) in [4.78, 5) is 30.7. The van der Waals surface area contributed by atoms with Crippen molar-refractivity contribution in [2.24, 2.45) is 5.92 Å². The van der Waals surface area contributed by atoms with Crippen molar-refractivity contribution in [2.45, 2.75) is 64.4 Å². The van der Waals surface area contributed by atoms with Crippen LogP contribution in [0.4, 0.5) is 19.3 Å². The summed E-state index contributed by atoms with van der Waals surface area (Å²) in [7, 11) is 1.50. The highest BCUT2D eigenvalue weighted by molar-refractivity contribution is 6.35. The van der Waals surface area contributed by atoms with E-state index in [9.17, 15) is 28.7 Å². The number of ether oxygens (including phenoxy) is 4. The number of piperidine rings is 3. The standard InChI is InChI=1S/C40H41Cl2F2N3O8/c1-23(2)53-36-17-26(9-11-35(36)54-39(43)44)28(18-30-31(41)20-46(51)21-32(30)42)29-16-24(8-10-27(29)38(48)49)19-47(33-6-4-5-7-34(33)52-3)40(50)55-37-22-45-14-12-25(37)13-15-45/h4-11,16-17,20-21,23,25,28,37,39H,12-15,18-19,22H2,1-3H3,(H-,48,49,51)/t28-,37-/m0/s1. The highest BCUT2D eigenvalue weighted by Crippen LogP contribution is 2.41. The normalized spacial score (nSPS) is 18.2. The second kappa shape index (κ2) is 17.3. The molecule has 4 aromatic rings. The van der Waals surface area contributed by atoms with Gasteiger partial charge in [0.05, 0.1) is 31.4 Å². The number of alkyl halides is 2. The Kier molecular flexibility index (Phi) is 12.5. The molecule has 0 radical (unpaired) electrons. The van der Waals surface area contributed by atoms with Crippen molar-refractivity contribution < 1.29 is 52.4 Å². The van der Waals surface area contributed by atoms with Crippen molar-refractivity contribution in [1.29, 1.82) is 0 Å². The van der Waals surface area contributed by atoms with E-state index in [0.717, 1.165) is 25.9 Å². The van der Waals surface area contributed by atoms with Crippen LogP contribution in [0, 0.1) is 5.92 Å². The molecule has 0 unspecified atom stereocenters. The quantitative estimate of drug-likeness (QED) is 0.107. The van der Waals surface area contributed by atoms with Gasteiger partial charge in [0, 0.05) is 28.3 Å². The number of aromatic nitrogens is 1. The Hall–Kier alpha value is -4.85. The van der Waals surface area contributed by atoms with Gasteiger partial charge < -0.3 is 28.8 Å². The van der Waals surface area contributed by atoms with Crippen LogP contribution >= 0.6 is 23.2 Å². The van der Waals surface area contributed by atoms with Crippen molar-refractivity contribution in [3.8, 4) is 17.2 Å². The Balaban J connectivity index is 1.46. The van der Waals surface area contributed by atoms with Crippen LogP contribution in [0.5, 0.6) is 17.2 Å². The average molecular weight is 801 g/mol. The number of methoxy groups -OCH3 is 1. The molecule has 2 atom stereocenters. The van der Waals surface area contributed by atoms with Gasteiger partial charge in [0.25, 0.3) is 0 Å². The number of para-hydroxylation sites is 2. The fraction of sp³-hybridized carbons (Fsp3) is 0.375. The summed E-state index contributed by atoms with van der Waals surface area (Å²) < 4.78 is 49.9. The Labute approximate surface area is 327 Å². The van der Waals surface area contributed by atoms with Gasteiger partial charge in [0.2, 0.25) is 12.4 Å². The van der Waals surface area contributed by atoms with Gasteiger partial charge in [-0.2, -0.15) is 8.78 Å². The van der Waals surface area contributed by atoms with E-state index in [0.29, 0.717) is 39.4 Å². The lowest BCUT2D eigenvalue weighted by Crippen LogP contribution is -2.53. The van der Waals surface area contributed by atoms with Crippen molar-refractivity contribution in [3.05, 3.63) is 111 Å². The molecule has 0 saturated carbocycles. The third-order valence-corrected chi connectivity index (χ3v) is 10.6. The Morgan fingerprint density at radius 1 is 0.982 bits per heavy atom. The topological polar surface area (TPSA) is 125 Å². The van der Waals surface area contributed by atoms with Crippen LogP contribution in [0.3, 0.4) is 0 Å². The molecule has 3 aliphatic rings. The summed E-state index contributed by atoms with van der Waals surface area (Å²) in [5.74, 6) is -1.89. The molecule has 11 nitrogen and oxygen atoms in total. The highest BCUT2D eigenvalue weighted by Gasteiger charge is 2.38. The molecule has 55 heavy (non-hydrogen) atoms. The van der Waals surface area contributed by atoms with Crippen LogP contribution in [0.2, 0.25) is 10.0 Å². The summed E-state index contributed by atoms with van der Waals surface area (Å²) in [6, 6.07) is 16.0. The van der Waals surface area contributed by atoms with Gasteiger partial charge >= 0.3 is 12.7 Å². The largest absolute Gasteiger partial charge is 0.545 e. The number of carboxylic acids is 1. The van der Waals surface area contributed by atoms with Crippen LogP contribution in [-0.4, -0.2) is 67.7 Å². The molecule has 3 saturated heterocycles. The van der Waals surface area contributed by atoms with E-state index in [1.54, 1.807) is 50.2 Å². The second-order valence-corrected chi connectivity index (χ2v) is 14.7. The lowest BCUT2D eigenvalue weighted by atomic mass is 9.82. The van der Waals surface area contributed by atoms with Gasteiger partial charge in [-0.25, -0.2) is 4.79 Å². The number of carbonyl (C=O) groups is 2. The zero-order valence-corrected chi connectivity index (χ0v) is 31.9. The number of rotatable bonds is 14. The number of anilines is 1. The first kappa shape index (κ1) is 39.8. The fourth-order valence-electron chi connectivity index (χ4n) is 7.33. The van der Waals surface area contributed by atoms with E-state index in [-0.39, 0.29) is 57.7 Å². The molecule has 2 bridgehead atoms. The number of benzene rings is 3. The summed E-state index contributed by atoms with van der Waals surface area (Å²) in [5.41, 5.74) is 1.85. The number of carboxylic acid groups (broad SMARTS) is 1. The predicted octanol–water partition coefficient (Wildman–Crippen LogP) is 6.89. The first-order valence-electron chi connectivity index (χ1n) is 17.8. The van der Waals surface area contributed by atoms with Gasteiger partial charge in [0.1, 0.15) is 21.9 Å². The minimum Gasteiger partial charge on any atom is -0.545 e. The third kappa shape index (κ3) is 9.34. The van der Waals surface area contributed by atoms with Crippen molar-refractivity contribution in [1.82, 2.24) is 4.90 Å². The molecule has 0 aliphatic carbocycles. The van der Waals surface area contributed by atoms with Crippen molar-refractivity contribution in [3.63, 3.8) is 0 Å². The van der Waals surface area contributed by atoms with Gasteiger partial charge in [-0.3, -0.25) is 15.0 Å². The Morgan fingerprint density at radius 2 is 1.69 bits per heavy atom.